The Bertz CT molecular complexity index is 1580. The molecule has 1 aromatic heterocycles. The summed E-state index contributed by atoms with van der Waals surface area (Å²) in [7, 11) is 2.14. The number of anilines is 2. The van der Waals surface area contributed by atoms with Gasteiger partial charge in [-0.15, -0.1) is 11.8 Å². The number of hydrogen-bond acceptors (Lipinski definition) is 11. The van der Waals surface area contributed by atoms with Gasteiger partial charge in [0, 0.05) is 50.6 Å². The van der Waals surface area contributed by atoms with Crippen molar-refractivity contribution in [3.8, 4) is 0 Å². The third kappa shape index (κ3) is 20.0. The van der Waals surface area contributed by atoms with Crippen molar-refractivity contribution in [3.05, 3.63) is 89.0 Å². The first kappa shape index (κ1) is 45.9. The van der Waals surface area contributed by atoms with Gasteiger partial charge in [0.15, 0.2) is 0 Å². The number of hydrogen-bond donors (Lipinski definition) is 4. The van der Waals surface area contributed by atoms with Crippen LogP contribution in [-0.2, 0) is 25.6 Å². The van der Waals surface area contributed by atoms with Crippen molar-refractivity contribution in [3.63, 3.8) is 0 Å². The number of nitrogens with zero attached hydrogens (tertiary/aromatic N) is 3. The molecule has 0 aliphatic carbocycles. The minimum absolute atomic E-state index is 0.142. The molecule has 1 aliphatic heterocycles. The number of thioether (sulfide) groups is 1. The van der Waals surface area contributed by atoms with Crippen LogP contribution in [0, 0.1) is 0 Å². The van der Waals surface area contributed by atoms with E-state index in [1.54, 1.807) is 12.3 Å². The van der Waals surface area contributed by atoms with E-state index in [1.807, 2.05) is 12.1 Å². The lowest BCUT2D eigenvalue weighted by Gasteiger charge is -2.19. The van der Waals surface area contributed by atoms with Crippen molar-refractivity contribution in [2.75, 3.05) is 68.9 Å². The van der Waals surface area contributed by atoms with E-state index >= 15 is 0 Å². The number of esters is 1. The SMILES string of the molecule is CN(CCCCCNCCCCCC(=O)OCC1OC(n2ccc(NC(=O)CCCCCNCCCCCNCc3ccccc3)nc2=O)CS1)c1ccccc1. The van der Waals surface area contributed by atoms with Crippen LogP contribution in [0.2, 0.25) is 0 Å². The average molecular weight is 806 g/mol. The van der Waals surface area contributed by atoms with Gasteiger partial charge in [0.1, 0.15) is 24.1 Å². The van der Waals surface area contributed by atoms with E-state index in [1.165, 1.54) is 59.7 Å². The van der Waals surface area contributed by atoms with Gasteiger partial charge in [-0.1, -0.05) is 74.2 Å². The zero-order valence-electron chi connectivity index (χ0n) is 34.1. The molecule has 1 amide bonds. The summed E-state index contributed by atoms with van der Waals surface area (Å²) in [5.74, 6) is 0.402. The van der Waals surface area contributed by atoms with E-state index in [-0.39, 0.29) is 29.7 Å². The van der Waals surface area contributed by atoms with E-state index in [4.69, 9.17) is 9.47 Å². The highest BCUT2D eigenvalue weighted by Gasteiger charge is 2.29. The summed E-state index contributed by atoms with van der Waals surface area (Å²) >= 11 is 1.50. The summed E-state index contributed by atoms with van der Waals surface area (Å²) in [6.07, 6.45) is 14.5. The molecule has 57 heavy (non-hydrogen) atoms. The Kier molecular flexibility index (Phi) is 23.1. The van der Waals surface area contributed by atoms with Crippen molar-refractivity contribution in [1.29, 1.82) is 0 Å². The lowest BCUT2D eigenvalue weighted by Crippen LogP contribution is -2.29. The van der Waals surface area contributed by atoms with Crippen LogP contribution in [-0.4, -0.2) is 85.5 Å². The number of unbranched alkanes of at least 4 members (excludes halogenated alkanes) is 8. The quantitative estimate of drug-likeness (QED) is 0.0400. The maximum atomic E-state index is 12.8. The first-order chi connectivity index (χ1) is 28.0. The fourth-order valence-corrected chi connectivity index (χ4v) is 7.56. The highest BCUT2D eigenvalue weighted by Crippen LogP contribution is 2.31. The summed E-state index contributed by atoms with van der Waals surface area (Å²) < 4.78 is 12.9. The zero-order chi connectivity index (χ0) is 40.2. The Balaban J connectivity index is 0.930. The topological polar surface area (TPSA) is 139 Å². The molecule has 1 aliphatic rings. The zero-order valence-corrected chi connectivity index (χ0v) is 35.0. The number of rotatable bonds is 31. The first-order valence-electron chi connectivity index (χ1n) is 21.2. The number of carbonyl (C=O) groups excluding carboxylic acids is 2. The fourth-order valence-electron chi connectivity index (χ4n) is 6.57. The number of aromatic nitrogens is 2. The monoisotopic (exact) mass is 805 g/mol. The molecule has 314 valence electrons. The van der Waals surface area contributed by atoms with Gasteiger partial charge in [-0.25, -0.2) is 4.79 Å². The largest absolute Gasteiger partial charge is 0.462 e. The minimum atomic E-state index is -0.512. The predicted molar refractivity (Wildman–Crippen MR) is 233 cm³/mol. The van der Waals surface area contributed by atoms with Crippen LogP contribution in [0.1, 0.15) is 102 Å². The molecule has 0 bridgehead atoms. The van der Waals surface area contributed by atoms with Crippen molar-refractivity contribution in [1.82, 2.24) is 25.5 Å². The Morgan fingerprint density at radius 2 is 1.37 bits per heavy atom. The van der Waals surface area contributed by atoms with Crippen LogP contribution >= 0.6 is 11.8 Å². The van der Waals surface area contributed by atoms with Crippen molar-refractivity contribution in [2.24, 2.45) is 0 Å². The smallest absolute Gasteiger partial charge is 0.351 e. The van der Waals surface area contributed by atoms with E-state index in [0.717, 1.165) is 90.8 Å². The number of ether oxygens (including phenoxy) is 2. The molecule has 2 atom stereocenters. The number of carbonyl (C=O) groups is 2. The third-order valence-corrected chi connectivity index (χ3v) is 11.0. The minimum Gasteiger partial charge on any atom is -0.462 e. The standard InChI is InChI=1S/C44H67N7O5S/c1-50(38-22-10-3-11-23-38)32-19-7-18-30-46-28-15-5-13-25-42(53)55-35-43-56-41(36-57-43)51-33-26-39(49-44(51)54)48-40(52)24-12-4-14-27-45-29-16-6-17-31-47-34-37-20-8-2-9-21-37/h2-3,8-11,20-23,26,33,41,43,45-47H,4-7,12-19,24-25,27-32,34-36H2,1H3,(H,48,49,52,54). The third-order valence-electron chi connectivity index (χ3n) is 9.94. The van der Waals surface area contributed by atoms with Gasteiger partial charge >= 0.3 is 11.7 Å². The number of amides is 1. The Hall–Kier alpha value is -3.75. The van der Waals surface area contributed by atoms with Crippen LogP contribution in [0.4, 0.5) is 11.5 Å². The van der Waals surface area contributed by atoms with Crippen LogP contribution in [0.5, 0.6) is 0 Å². The fraction of sp³-hybridized carbons (Fsp3) is 0.591. The number of benzene rings is 2. The summed E-state index contributed by atoms with van der Waals surface area (Å²) in [5, 5.41) is 13.3. The molecule has 13 heteroatoms. The molecule has 2 heterocycles. The molecule has 0 saturated carbocycles. The molecule has 12 nitrogen and oxygen atoms in total. The number of nitrogens with one attached hydrogen (secondary N) is 4. The Morgan fingerprint density at radius 3 is 2.04 bits per heavy atom. The van der Waals surface area contributed by atoms with Crippen LogP contribution in [0.3, 0.4) is 0 Å². The highest BCUT2D eigenvalue weighted by atomic mass is 32.2. The molecule has 1 saturated heterocycles. The summed E-state index contributed by atoms with van der Waals surface area (Å²) in [4.78, 5) is 43.9. The molecule has 0 spiro atoms. The maximum absolute atomic E-state index is 12.8. The van der Waals surface area contributed by atoms with E-state index < -0.39 is 11.9 Å². The second-order valence-electron chi connectivity index (χ2n) is 14.7. The second kappa shape index (κ2) is 28.6. The molecule has 3 aromatic rings. The predicted octanol–water partition coefficient (Wildman–Crippen LogP) is 6.88. The lowest BCUT2D eigenvalue weighted by atomic mass is 10.2. The van der Waals surface area contributed by atoms with Gasteiger partial charge in [-0.2, -0.15) is 4.98 Å². The van der Waals surface area contributed by atoms with Gasteiger partial charge in [0.05, 0.1) is 0 Å². The van der Waals surface area contributed by atoms with Crippen LogP contribution < -0.4 is 31.9 Å². The van der Waals surface area contributed by atoms with E-state index in [0.29, 0.717) is 18.6 Å². The van der Waals surface area contributed by atoms with Gasteiger partial charge in [0.2, 0.25) is 5.91 Å². The highest BCUT2D eigenvalue weighted by molar-refractivity contribution is 8.00. The molecule has 4 N–H and O–H groups in total. The van der Waals surface area contributed by atoms with Crippen LogP contribution in [0.25, 0.3) is 0 Å². The molecule has 1 fully saturated rings. The summed E-state index contributed by atoms with van der Waals surface area (Å²) in [5.41, 5.74) is 1.74. The van der Waals surface area contributed by atoms with Crippen LogP contribution in [0.15, 0.2) is 77.7 Å². The Morgan fingerprint density at radius 1 is 0.772 bits per heavy atom. The van der Waals surface area contributed by atoms with Crippen molar-refractivity contribution >= 4 is 35.1 Å². The molecule has 2 unspecified atom stereocenters. The van der Waals surface area contributed by atoms with Crippen molar-refractivity contribution < 1.29 is 19.1 Å². The normalized spacial score (nSPS) is 15.1. The molecular formula is C44H67N7O5S. The number of para-hydroxylation sites is 1. The summed E-state index contributed by atoms with van der Waals surface area (Å²) in [6.45, 7) is 7.12. The van der Waals surface area contributed by atoms with Gasteiger partial charge in [0.25, 0.3) is 0 Å². The second-order valence-corrected chi connectivity index (χ2v) is 15.9. The lowest BCUT2D eigenvalue weighted by molar-refractivity contribution is -0.147. The average Bonchev–Trinajstić information content (AvgIpc) is 3.70. The molecule has 2 aromatic carbocycles. The molecule has 0 radical (unpaired) electrons. The van der Waals surface area contributed by atoms with Crippen molar-refractivity contribution in [2.45, 2.75) is 108 Å². The van der Waals surface area contributed by atoms with E-state index in [9.17, 15) is 14.4 Å². The summed E-state index contributed by atoms with van der Waals surface area (Å²) in [6, 6.07) is 22.6. The van der Waals surface area contributed by atoms with Gasteiger partial charge < -0.3 is 35.6 Å². The molecular weight excluding hydrogens is 739 g/mol. The Labute approximate surface area is 344 Å². The molecule has 4 rings (SSSR count). The van der Waals surface area contributed by atoms with E-state index in [2.05, 4.69) is 86.7 Å². The van der Waals surface area contributed by atoms with Gasteiger partial charge in [-0.05, 0) is 108 Å². The maximum Gasteiger partial charge on any atom is 0.351 e. The van der Waals surface area contributed by atoms with Gasteiger partial charge in [-0.3, -0.25) is 14.2 Å². The first-order valence-corrected chi connectivity index (χ1v) is 22.3.